The Hall–Kier alpha value is -2.25. The van der Waals surface area contributed by atoms with Crippen LogP contribution < -0.4 is 22.8 Å². The van der Waals surface area contributed by atoms with Crippen molar-refractivity contribution in [3.8, 4) is 0 Å². The number of nitrogens with two attached hydrogens (primary N) is 2. The van der Waals surface area contributed by atoms with Crippen molar-refractivity contribution >= 4 is 17.1 Å². The number of nitrogen functional groups attached to an aromatic ring is 2. The van der Waals surface area contributed by atoms with Crippen LogP contribution in [-0.2, 0) is 0 Å². The van der Waals surface area contributed by atoms with Crippen LogP contribution in [0.3, 0.4) is 0 Å². The van der Waals surface area contributed by atoms with Gasteiger partial charge >= 0.3 is 5.69 Å². The largest absolute Gasteiger partial charge is 0.369 e. The number of fused-ring (bicyclic) bond motifs is 1. The van der Waals surface area contributed by atoms with Gasteiger partial charge in [-0.15, -0.1) is 0 Å². The molecule has 2 heterocycles. The predicted molar refractivity (Wildman–Crippen MR) is 45.5 cm³/mol. The first-order valence-corrected chi connectivity index (χ1v) is 3.35. The third kappa shape index (κ3) is 0.883. The lowest BCUT2D eigenvalue weighted by atomic mass is 10.5. The second kappa shape index (κ2) is 2.12. The quantitative estimate of drug-likeness (QED) is 0.340. The van der Waals surface area contributed by atoms with Gasteiger partial charge in [-0.3, -0.25) is 9.78 Å². The zero-order chi connectivity index (χ0) is 9.59. The number of nitrogens with zero attached hydrogens (tertiary/aromatic N) is 2. The highest BCUT2D eigenvalue weighted by atomic mass is 16.2. The molecule has 68 valence electrons. The van der Waals surface area contributed by atoms with Gasteiger partial charge in [0.15, 0.2) is 17.1 Å². The van der Waals surface area contributed by atoms with Gasteiger partial charge in [-0.05, 0) is 0 Å². The SMILES string of the molecule is Nc1nc2c([nH]1)c(=O)[nH]c(=O)n2N. The van der Waals surface area contributed by atoms with Crippen molar-refractivity contribution < 1.29 is 0 Å². The van der Waals surface area contributed by atoms with Gasteiger partial charge in [0.25, 0.3) is 5.56 Å². The molecular weight excluding hydrogens is 176 g/mol. The van der Waals surface area contributed by atoms with Gasteiger partial charge in [-0.1, -0.05) is 0 Å². The monoisotopic (exact) mass is 182 g/mol. The summed E-state index contributed by atoms with van der Waals surface area (Å²) in [7, 11) is 0. The van der Waals surface area contributed by atoms with E-state index < -0.39 is 11.2 Å². The van der Waals surface area contributed by atoms with Crippen molar-refractivity contribution in [1.82, 2.24) is 19.6 Å². The number of hydrogen-bond donors (Lipinski definition) is 4. The first-order valence-electron chi connectivity index (χ1n) is 3.35. The molecule has 0 aliphatic carbocycles. The minimum Gasteiger partial charge on any atom is -0.369 e. The standard InChI is InChI=1S/C5H6N6O2/c6-4-8-1-2(9-4)11(7)5(13)10-3(1)12/h7H2,(H3,6,8,9)(H,10,12,13). The van der Waals surface area contributed by atoms with Crippen molar-refractivity contribution in [1.29, 1.82) is 0 Å². The van der Waals surface area contributed by atoms with Crippen molar-refractivity contribution in [2.24, 2.45) is 0 Å². The number of nitrogens with one attached hydrogen (secondary N) is 2. The third-order valence-electron chi connectivity index (χ3n) is 1.60. The lowest BCUT2D eigenvalue weighted by Crippen LogP contribution is -2.34. The summed E-state index contributed by atoms with van der Waals surface area (Å²) in [6.45, 7) is 0. The Bertz CT molecular complexity index is 575. The van der Waals surface area contributed by atoms with Crippen LogP contribution >= 0.6 is 0 Å². The Balaban J connectivity index is 3.13. The second-order valence-corrected chi connectivity index (χ2v) is 2.45. The van der Waals surface area contributed by atoms with E-state index in [1.807, 2.05) is 4.98 Å². The molecule has 2 aromatic rings. The first kappa shape index (κ1) is 7.40. The van der Waals surface area contributed by atoms with Crippen LogP contribution in [0.2, 0.25) is 0 Å². The fourth-order valence-corrected chi connectivity index (χ4v) is 1.03. The molecular formula is C5H6N6O2. The Morgan fingerprint density at radius 1 is 1.31 bits per heavy atom. The van der Waals surface area contributed by atoms with Gasteiger partial charge < -0.3 is 16.6 Å². The highest BCUT2D eigenvalue weighted by molar-refractivity contribution is 5.71. The van der Waals surface area contributed by atoms with Gasteiger partial charge in [0, 0.05) is 0 Å². The maximum absolute atomic E-state index is 11.1. The van der Waals surface area contributed by atoms with E-state index in [1.54, 1.807) is 0 Å². The number of aromatic amines is 2. The van der Waals surface area contributed by atoms with Crippen LogP contribution in [0.15, 0.2) is 9.59 Å². The number of imidazole rings is 1. The van der Waals surface area contributed by atoms with Crippen molar-refractivity contribution in [2.45, 2.75) is 0 Å². The van der Waals surface area contributed by atoms with Gasteiger partial charge in [-0.25, -0.2) is 4.79 Å². The lowest BCUT2D eigenvalue weighted by molar-refractivity contribution is 0.891. The van der Waals surface area contributed by atoms with E-state index in [0.29, 0.717) is 4.68 Å². The van der Waals surface area contributed by atoms with E-state index in [0.717, 1.165) is 0 Å². The second-order valence-electron chi connectivity index (χ2n) is 2.45. The molecule has 0 fully saturated rings. The summed E-state index contributed by atoms with van der Waals surface area (Å²) in [5.74, 6) is 5.33. The van der Waals surface area contributed by atoms with Crippen molar-refractivity contribution in [3.63, 3.8) is 0 Å². The number of anilines is 1. The van der Waals surface area contributed by atoms with E-state index in [-0.39, 0.29) is 17.1 Å². The topological polar surface area (TPSA) is 136 Å². The number of hydrogen-bond acceptors (Lipinski definition) is 5. The van der Waals surface area contributed by atoms with Crippen LogP contribution in [0.1, 0.15) is 0 Å². The zero-order valence-corrected chi connectivity index (χ0v) is 6.37. The fourth-order valence-electron chi connectivity index (χ4n) is 1.03. The van der Waals surface area contributed by atoms with Gasteiger partial charge in [0.1, 0.15) is 0 Å². The predicted octanol–water partition coefficient (Wildman–Crippen LogP) is -2.29. The molecule has 0 saturated heterocycles. The molecule has 0 aliphatic heterocycles. The van der Waals surface area contributed by atoms with Crippen LogP contribution in [0.5, 0.6) is 0 Å². The van der Waals surface area contributed by atoms with Crippen molar-refractivity contribution in [2.75, 3.05) is 11.6 Å². The highest BCUT2D eigenvalue weighted by Crippen LogP contribution is 2.02. The van der Waals surface area contributed by atoms with Crippen LogP contribution in [0.25, 0.3) is 11.2 Å². The van der Waals surface area contributed by atoms with Gasteiger partial charge in [-0.2, -0.15) is 9.66 Å². The highest BCUT2D eigenvalue weighted by Gasteiger charge is 2.08. The smallest absolute Gasteiger partial charge is 0.348 e. The summed E-state index contributed by atoms with van der Waals surface area (Å²) < 4.78 is 0.712. The van der Waals surface area contributed by atoms with E-state index >= 15 is 0 Å². The number of H-pyrrole nitrogens is 2. The molecule has 0 saturated carbocycles. The minimum absolute atomic E-state index is 0.0327. The van der Waals surface area contributed by atoms with Crippen LogP contribution in [0, 0.1) is 0 Å². The Morgan fingerprint density at radius 2 is 2.00 bits per heavy atom. The lowest BCUT2D eigenvalue weighted by Gasteiger charge is -1.94. The average Bonchev–Trinajstić information content (AvgIpc) is 2.44. The van der Waals surface area contributed by atoms with E-state index in [9.17, 15) is 9.59 Å². The molecule has 8 nitrogen and oxygen atoms in total. The molecule has 2 aromatic heterocycles. The third-order valence-corrected chi connectivity index (χ3v) is 1.60. The van der Waals surface area contributed by atoms with Crippen LogP contribution in [-0.4, -0.2) is 19.6 Å². The molecule has 0 radical (unpaired) electrons. The summed E-state index contributed by atoms with van der Waals surface area (Å²) in [6.07, 6.45) is 0. The number of aromatic nitrogens is 4. The Morgan fingerprint density at radius 3 is 2.69 bits per heavy atom. The molecule has 13 heavy (non-hydrogen) atoms. The maximum atomic E-state index is 11.1. The molecule has 0 spiro atoms. The fraction of sp³-hybridized carbons (Fsp3) is 0. The summed E-state index contributed by atoms with van der Waals surface area (Å²) in [5, 5.41) is 0. The maximum Gasteiger partial charge on any atom is 0.348 e. The molecule has 0 amide bonds. The summed E-state index contributed by atoms with van der Waals surface area (Å²) >= 11 is 0. The zero-order valence-electron chi connectivity index (χ0n) is 6.37. The summed E-state index contributed by atoms with van der Waals surface area (Å²) in [5.41, 5.74) is 4.08. The molecule has 8 heteroatoms. The Labute approximate surface area is 70.2 Å². The summed E-state index contributed by atoms with van der Waals surface area (Å²) in [6, 6.07) is 0. The normalized spacial score (nSPS) is 10.8. The molecule has 0 aromatic carbocycles. The number of rotatable bonds is 0. The van der Waals surface area contributed by atoms with Crippen molar-refractivity contribution in [3.05, 3.63) is 20.8 Å². The Kier molecular flexibility index (Phi) is 1.21. The molecule has 0 aliphatic rings. The molecule has 0 bridgehead atoms. The summed E-state index contributed by atoms with van der Waals surface area (Å²) in [4.78, 5) is 30.2. The minimum atomic E-state index is -0.732. The van der Waals surface area contributed by atoms with E-state index in [4.69, 9.17) is 11.6 Å². The van der Waals surface area contributed by atoms with Crippen LogP contribution in [0.4, 0.5) is 5.95 Å². The van der Waals surface area contributed by atoms with Gasteiger partial charge in [0.2, 0.25) is 0 Å². The first-order chi connectivity index (χ1) is 6.09. The molecule has 6 N–H and O–H groups in total. The molecule has 2 rings (SSSR count). The molecule has 0 atom stereocenters. The molecule has 0 unspecified atom stereocenters. The van der Waals surface area contributed by atoms with E-state index in [2.05, 4.69) is 9.97 Å². The van der Waals surface area contributed by atoms with E-state index in [1.165, 1.54) is 0 Å². The average molecular weight is 182 g/mol. The van der Waals surface area contributed by atoms with Gasteiger partial charge in [0.05, 0.1) is 0 Å².